The SMILES string of the molecule is N#CCCC(C#N)CBr. The van der Waals surface area contributed by atoms with E-state index < -0.39 is 0 Å². The maximum absolute atomic E-state index is 8.36. The molecule has 0 fully saturated rings. The van der Waals surface area contributed by atoms with Gasteiger partial charge in [0.1, 0.15) is 0 Å². The summed E-state index contributed by atoms with van der Waals surface area (Å²) < 4.78 is 0. The molecule has 1 atom stereocenters. The average molecular weight is 187 g/mol. The Morgan fingerprint density at radius 2 is 2.11 bits per heavy atom. The maximum Gasteiger partial charge on any atom is 0.0664 e. The molecule has 0 aromatic heterocycles. The van der Waals surface area contributed by atoms with Crippen molar-refractivity contribution < 1.29 is 0 Å². The van der Waals surface area contributed by atoms with Gasteiger partial charge in [-0.1, -0.05) is 15.9 Å². The second kappa shape index (κ2) is 5.59. The lowest BCUT2D eigenvalue weighted by Crippen LogP contribution is -1.96. The normalized spacial score (nSPS) is 11.4. The van der Waals surface area contributed by atoms with Crippen molar-refractivity contribution in [1.29, 1.82) is 10.5 Å². The van der Waals surface area contributed by atoms with Crippen LogP contribution in [0.25, 0.3) is 0 Å². The van der Waals surface area contributed by atoms with Crippen molar-refractivity contribution in [2.24, 2.45) is 5.92 Å². The van der Waals surface area contributed by atoms with Crippen LogP contribution in [0.5, 0.6) is 0 Å². The van der Waals surface area contributed by atoms with Crippen molar-refractivity contribution in [3.8, 4) is 12.1 Å². The van der Waals surface area contributed by atoms with Crippen LogP contribution < -0.4 is 0 Å². The monoisotopic (exact) mass is 186 g/mol. The molecule has 9 heavy (non-hydrogen) atoms. The first-order chi connectivity index (χ1) is 4.35. The van der Waals surface area contributed by atoms with Crippen LogP contribution in [0.1, 0.15) is 12.8 Å². The van der Waals surface area contributed by atoms with Crippen LogP contribution in [0.4, 0.5) is 0 Å². The summed E-state index contributed by atoms with van der Waals surface area (Å²) >= 11 is 3.17. The summed E-state index contributed by atoms with van der Waals surface area (Å²) in [7, 11) is 0. The zero-order valence-corrected chi connectivity index (χ0v) is 6.56. The fourth-order valence-electron chi connectivity index (χ4n) is 0.415. The third-order valence-corrected chi connectivity index (χ3v) is 1.76. The third kappa shape index (κ3) is 4.00. The van der Waals surface area contributed by atoms with Gasteiger partial charge in [-0.2, -0.15) is 10.5 Å². The molecule has 0 amide bonds. The molecular weight excluding hydrogens is 180 g/mol. The molecule has 0 heterocycles. The quantitative estimate of drug-likeness (QED) is 0.632. The molecule has 3 heteroatoms. The van der Waals surface area contributed by atoms with E-state index in [1.54, 1.807) is 0 Å². The average Bonchev–Trinajstić information content (AvgIpc) is 1.91. The Labute approximate surface area is 63.2 Å². The van der Waals surface area contributed by atoms with E-state index in [-0.39, 0.29) is 5.92 Å². The highest BCUT2D eigenvalue weighted by molar-refractivity contribution is 9.09. The van der Waals surface area contributed by atoms with Crippen LogP contribution in [0.3, 0.4) is 0 Å². The van der Waals surface area contributed by atoms with Gasteiger partial charge in [0, 0.05) is 11.8 Å². The molecule has 0 saturated carbocycles. The molecule has 0 bridgehead atoms. The zero-order chi connectivity index (χ0) is 7.11. The molecular formula is C6H7BrN2. The highest BCUT2D eigenvalue weighted by Gasteiger charge is 2.02. The lowest BCUT2D eigenvalue weighted by molar-refractivity contribution is 0.689. The summed E-state index contributed by atoms with van der Waals surface area (Å²) in [5.74, 6) is 0.00431. The molecule has 0 aliphatic heterocycles. The standard InChI is InChI=1S/C6H7BrN2/c7-4-6(5-9)2-1-3-8/h6H,1-2,4H2. The van der Waals surface area contributed by atoms with E-state index in [0.29, 0.717) is 18.2 Å². The number of halogens is 1. The van der Waals surface area contributed by atoms with Gasteiger partial charge in [-0.3, -0.25) is 0 Å². The molecule has 1 unspecified atom stereocenters. The Kier molecular flexibility index (Phi) is 5.26. The van der Waals surface area contributed by atoms with Gasteiger partial charge in [-0.05, 0) is 6.42 Å². The van der Waals surface area contributed by atoms with Crippen LogP contribution in [0.15, 0.2) is 0 Å². The topological polar surface area (TPSA) is 47.6 Å². The van der Waals surface area contributed by atoms with Crippen molar-refractivity contribution >= 4 is 15.9 Å². The van der Waals surface area contributed by atoms with Crippen LogP contribution in [-0.2, 0) is 0 Å². The van der Waals surface area contributed by atoms with Crippen molar-refractivity contribution in [2.45, 2.75) is 12.8 Å². The van der Waals surface area contributed by atoms with Gasteiger partial charge in [-0.25, -0.2) is 0 Å². The first kappa shape index (κ1) is 8.46. The molecule has 0 aliphatic rings. The van der Waals surface area contributed by atoms with E-state index in [4.69, 9.17) is 10.5 Å². The van der Waals surface area contributed by atoms with Crippen LogP contribution in [0, 0.1) is 28.6 Å². The molecule has 0 rings (SSSR count). The van der Waals surface area contributed by atoms with E-state index in [1.165, 1.54) is 0 Å². The molecule has 0 N–H and O–H groups in total. The number of hydrogen-bond acceptors (Lipinski definition) is 2. The fraction of sp³-hybridized carbons (Fsp3) is 0.667. The number of hydrogen-bond donors (Lipinski definition) is 0. The van der Waals surface area contributed by atoms with E-state index in [2.05, 4.69) is 22.0 Å². The fourth-order valence-corrected chi connectivity index (χ4v) is 0.884. The molecule has 0 saturated heterocycles. The second-order valence-electron chi connectivity index (χ2n) is 1.68. The van der Waals surface area contributed by atoms with Crippen molar-refractivity contribution in [3.05, 3.63) is 0 Å². The summed E-state index contributed by atoms with van der Waals surface area (Å²) in [6.07, 6.45) is 1.15. The van der Waals surface area contributed by atoms with Crippen molar-refractivity contribution in [1.82, 2.24) is 0 Å². The summed E-state index contributed by atoms with van der Waals surface area (Å²) in [5, 5.41) is 17.2. The third-order valence-electron chi connectivity index (χ3n) is 0.973. The largest absolute Gasteiger partial charge is 0.198 e. The Bertz CT molecular complexity index is 142. The van der Waals surface area contributed by atoms with Crippen LogP contribution in [-0.4, -0.2) is 5.33 Å². The molecule has 0 spiro atoms. The van der Waals surface area contributed by atoms with Gasteiger partial charge >= 0.3 is 0 Å². The predicted octanol–water partition coefficient (Wildman–Crippen LogP) is 1.82. The molecule has 0 aromatic rings. The zero-order valence-electron chi connectivity index (χ0n) is 4.97. The van der Waals surface area contributed by atoms with Gasteiger partial charge in [0.2, 0.25) is 0 Å². The molecule has 48 valence electrons. The Balaban J connectivity index is 3.37. The van der Waals surface area contributed by atoms with E-state index in [0.717, 1.165) is 0 Å². The van der Waals surface area contributed by atoms with Gasteiger partial charge in [0.25, 0.3) is 0 Å². The number of rotatable bonds is 3. The van der Waals surface area contributed by atoms with Gasteiger partial charge < -0.3 is 0 Å². The number of nitrogens with zero attached hydrogens (tertiary/aromatic N) is 2. The molecule has 0 radical (unpaired) electrons. The van der Waals surface area contributed by atoms with E-state index >= 15 is 0 Å². The molecule has 2 nitrogen and oxygen atoms in total. The second-order valence-corrected chi connectivity index (χ2v) is 2.32. The summed E-state index contributed by atoms with van der Waals surface area (Å²) in [4.78, 5) is 0. The minimum Gasteiger partial charge on any atom is -0.198 e. The summed E-state index contributed by atoms with van der Waals surface area (Å²) in [6.45, 7) is 0. The summed E-state index contributed by atoms with van der Waals surface area (Å²) in [5.41, 5.74) is 0. The first-order valence-electron chi connectivity index (χ1n) is 2.67. The van der Waals surface area contributed by atoms with E-state index in [1.807, 2.05) is 6.07 Å². The van der Waals surface area contributed by atoms with Crippen LogP contribution >= 0.6 is 15.9 Å². The van der Waals surface area contributed by atoms with E-state index in [9.17, 15) is 0 Å². The van der Waals surface area contributed by atoms with Gasteiger partial charge in [-0.15, -0.1) is 0 Å². The van der Waals surface area contributed by atoms with Crippen molar-refractivity contribution in [2.75, 3.05) is 5.33 Å². The predicted molar refractivity (Wildman–Crippen MR) is 37.7 cm³/mol. The van der Waals surface area contributed by atoms with Gasteiger partial charge in [0.05, 0.1) is 18.1 Å². The highest BCUT2D eigenvalue weighted by Crippen LogP contribution is 2.06. The minimum atomic E-state index is 0.00431. The first-order valence-corrected chi connectivity index (χ1v) is 3.79. The van der Waals surface area contributed by atoms with Gasteiger partial charge in [0.15, 0.2) is 0 Å². The number of alkyl halides is 1. The maximum atomic E-state index is 8.36. The Hall–Kier alpha value is -0.540. The lowest BCUT2D eigenvalue weighted by Gasteiger charge is -1.97. The van der Waals surface area contributed by atoms with Crippen molar-refractivity contribution in [3.63, 3.8) is 0 Å². The Morgan fingerprint density at radius 1 is 1.44 bits per heavy atom. The minimum absolute atomic E-state index is 0.00431. The molecule has 0 aliphatic carbocycles. The lowest BCUT2D eigenvalue weighted by atomic mass is 10.1. The number of nitriles is 2. The Morgan fingerprint density at radius 3 is 2.44 bits per heavy atom. The smallest absolute Gasteiger partial charge is 0.0664 e. The summed E-state index contributed by atoms with van der Waals surface area (Å²) in [6, 6.07) is 4.08. The van der Waals surface area contributed by atoms with Crippen LogP contribution in [0.2, 0.25) is 0 Å². The highest BCUT2D eigenvalue weighted by atomic mass is 79.9. The molecule has 0 aromatic carbocycles.